The maximum atomic E-state index is 11.4. The van der Waals surface area contributed by atoms with E-state index < -0.39 is 0 Å². The Labute approximate surface area is 133 Å². The highest BCUT2D eigenvalue weighted by atomic mass is 16.1. The number of anilines is 1. The van der Waals surface area contributed by atoms with E-state index in [0.29, 0.717) is 0 Å². The fraction of sp³-hybridized carbons (Fsp3) is 0.632. The molecule has 0 unspecified atom stereocenters. The highest BCUT2D eigenvalue weighted by molar-refractivity contribution is 5.94. The number of Topliss-reactive ketones (excluding diaryl/α,β-unsaturated/α-hetero) is 1. The molecular formula is C19H26N2O. The maximum absolute atomic E-state index is 11.4. The molecule has 0 amide bonds. The molecule has 1 aromatic rings. The number of hydrogen-bond acceptors (Lipinski definition) is 3. The van der Waals surface area contributed by atoms with Gasteiger partial charge in [-0.05, 0) is 62.3 Å². The zero-order valence-corrected chi connectivity index (χ0v) is 13.5. The van der Waals surface area contributed by atoms with Crippen molar-refractivity contribution in [2.75, 3.05) is 31.1 Å². The first-order valence-electron chi connectivity index (χ1n) is 8.81. The van der Waals surface area contributed by atoms with Gasteiger partial charge in [-0.1, -0.05) is 6.42 Å². The Balaban J connectivity index is 1.36. The Morgan fingerprint density at radius 2 is 1.73 bits per heavy atom. The fourth-order valence-corrected chi connectivity index (χ4v) is 4.88. The molecule has 1 saturated heterocycles. The van der Waals surface area contributed by atoms with Crippen molar-refractivity contribution in [2.24, 2.45) is 11.8 Å². The number of hydrogen-bond donors (Lipinski definition) is 0. The average Bonchev–Trinajstić information content (AvgIpc) is 3.18. The van der Waals surface area contributed by atoms with Gasteiger partial charge in [-0.3, -0.25) is 9.69 Å². The maximum Gasteiger partial charge on any atom is 0.159 e. The second kappa shape index (κ2) is 5.69. The van der Waals surface area contributed by atoms with Crippen LogP contribution in [-0.2, 0) is 0 Å². The third kappa shape index (κ3) is 2.56. The molecule has 2 saturated carbocycles. The highest BCUT2D eigenvalue weighted by Crippen LogP contribution is 2.46. The predicted octanol–water partition coefficient (Wildman–Crippen LogP) is 3.20. The van der Waals surface area contributed by atoms with Gasteiger partial charge in [-0.25, -0.2) is 0 Å². The largest absolute Gasteiger partial charge is 0.369 e. The summed E-state index contributed by atoms with van der Waals surface area (Å²) in [4.78, 5) is 16.6. The van der Waals surface area contributed by atoms with E-state index in [-0.39, 0.29) is 5.78 Å². The summed E-state index contributed by atoms with van der Waals surface area (Å²) in [6, 6.07) is 8.99. The van der Waals surface area contributed by atoms with Crippen molar-refractivity contribution in [3.63, 3.8) is 0 Å². The molecule has 4 rings (SSSR count). The summed E-state index contributed by atoms with van der Waals surface area (Å²) in [6.45, 7) is 6.26. The Kier molecular flexibility index (Phi) is 3.69. The van der Waals surface area contributed by atoms with Gasteiger partial charge in [-0.2, -0.15) is 0 Å². The zero-order chi connectivity index (χ0) is 15.1. The Bertz CT molecular complexity index is 545. The third-order valence-corrected chi connectivity index (χ3v) is 6.12. The van der Waals surface area contributed by atoms with Gasteiger partial charge in [0.2, 0.25) is 0 Å². The topological polar surface area (TPSA) is 23.6 Å². The summed E-state index contributed by atoms with van der Waals surface area (Å²) in [7, 11) is 0. The van der Waals surface area contributed by atoms with E-state index in [1.165, 1.54) is 44.5 Å². The Morgan fingerprint density at radius 1 is 1.00 bits per heavy atom. The van der Waals surface area contributed by atoms with Crippen LogP contribution in [0.5, 0.6) is 0 Å². The van der Waals surface area contributed by atoms with Crippen LogP contribution >= 0.6 is 0 Å². The summed E-state index contributed by atoms with van der Waals surface area (Å²) in [5, 5.41) is 0. The van der Waals surface area contributed by atoms with Crippen LogP contribution in [0.15, 0.2) is 24.3 Å². The van der Waals surface area contributed by atoms with Crippen LogP contribution in [-0.4, -0.2) is 42.9 Å². The molecular weight excluding hydrogens is 272 g/mol. The molecule has 0 spiro atoms. The molecule has 3 heteroatoms. The highest BCUT2D eigenvalue weighted by Gasteiger charge is 2.42. The number of ketones is 1. The number of benzene rings is 1. The van der Waals surface area contributed by atoms with Gasteiger partial charge in [0.05, 0.1) is 0 Å². The van der Waals surface area contributed by atoms with Crippen molar-refractivity contribution in [1.82, 2.24) is 4.90 Å². The molecule has 0 N–H and O–H groups in total. The van der Waals surface area contributed by atoms with Gasteiger partial charge in [-0.15, -0.1) is 0 Å². The summed E-state index contributed by atoms with van der Waals surface area (Å²) < 4.78 is 0. The molecule has 1 aliphatic heterocycles. The van der Waals surface area contributed by atoms with E-state index in [0.717, 1.165) is 36.5 Å². The lowest BCUT2D eigenvalue weighted by Crippen LogP contribution is -2.51. The van der Waals surface area contributed by atoms with Gasteiger partial charge >= 0.3 is 0 Å². The molecule has 1 aromatic carbocycles. The molecule has 3 atom stereocenters. The summed E-state index contributed by atoms with van der Waals surface area (Å²) >= 11 is 0. The molecule has 3 nitrogen and oxygen atoms in total. The lowest BCUT2D eigenvalue weighted by molar-refractivity contribution is 0.101. The fourth-order valence-electron chi connectivity index (χ4n) is 4.88. The molecule has 118 valence electrons. The van der Waals surface area contributed by atoms with Crippen molar-refractivity contribution in [2.45, 2.75) is 38.6 Å². The van der Waals surface area contributed by atoms with Gasteiger partial charge in [0.15, 0.2) is 5.78 Å². The van der Waals surface area contributed by atoms with Crippen LogP contribution in [0.2, 0.25) is 0 Å². The van der Waals surface area contributed by atoms with Gasteiger partial charge in [0, 0.05) is 43.5 Å². The first-order chi connectivity index (χ1) is 10.7. The average molecular weight is 298 g/mol. The molecule has 0 radical (unpaired) electrons. The third-order valence-electron chi connectivity index (χ3n) is 6.12. The van der Waals surface area contributed by atoms with Crippen LogP contribution in [0.1, 0.15) is 43.0 Å². The van der Waals surface area contributed by atoms with E-state index in [9.17, 15) is 4.79 Å². The first-order valence-corrected chi connectivity index (χ1v) is 8.81. The smallest absolute Gasteiger partial charge is 0.159 e. The SMILES string of the molecule is CC(=O)c1ccc(N2CCN([C@H]3C[C@H]4CC[C@H]3C4)CC2)cc1. The van der Waals surface area contributed by atoms with Crippen LogP contribution in [0, 0.1) is 11.8 Å². The van der Waals surface area contributed by atoms with Crippen LogP contribution < -0.4 is 4.90 Å². The quantitative estimate of drug-likeness (QED) is 0.801. The number of rotatable bonds is 3. The Morgan fingerprint density at radius 3 is 2.27 bits per heavy atom. The number of carbonyl (C=O) groups excluding carboxylic acids is 1. The van der Waals surface area contributed by atoms with Crippen LogP contribution in [0.25, 0.3) is 0 Å². The lowest BCUT2D eigenvalue weighted by Gasteiger charge is -2.41. The van der Waals surface area contributed by atoms with E-state index in [1.807, 2.05) is 12.1 Å². The number of fused-ring (bicyclic) bond motifs is 2. The normalized spacial score (nSPS) is 31.7. The minimum Gasteiger partial charge on any atom is -0.369 e. The predicted molar refractivity (Wildman–Crippen MR) is 89.5 cm³/mol. The first kappa shape index (κ1) is 14.3. The van der Waals surface area contributed by atoms with Crippen molar-refractivity contribution >= 4 is 11.5 Å². The van der Waals surface area contributed by atoms with Crippen molar-refractivity contribution in [1.29, 1.82) is 0 Å². The number of nitrogens with zero attached hydrogens (tertiary/aromatic N) is 2. The second-order valence-corrected chi connectivity index (χ2v) is 7.37. The molecule has 22 heavy (non-hydrogen) atoms. The minimum atomic E-state index is 0.146. The lowest BCUT2D eigenvalue weighted by atomic mass is 9.93. The summed E-state index contributed by atoms with van der Waals surface area (Å²) in [5.41, 5.74) is 2.07. The molecule has 3 aliphatic rings. The monoisotopic (exact) mass is 298 g/mol. The molecule has 2 bridgehead atoms. The molecule has 3 fully saturated rings. The van der Waals surface area contributed by atoms with E-state index in [4.69, 9.17) is 0 Å². The van der Waals surface area contributed by atoms with E-state index in [2.05, 4.69) is 21.9 Å². The van der Waals surface area contributed by atoms with Crippen molar-refractivity contribution in [3.8, 4) is 0 Å². The zero-order valence-electron chi connectivity index (χ0n) is 13.5. The van der Waals surface area contributed by atoms with Gasteiger partial charge < -0.3 is 4.90 Å². The molecule has 0 aromatic heterocycles. The van der Waals surface area contributed by atoms with Crippen LogP contribution in [0.3, 0.4) is 0 Å². The van der Waals surface area contributed by atoms with E-state index in [1.54, 1.807) is 6.92 Å². The second-order valence-electron chi connectivity index (χ2n) is 7.37. The Hall–Kier alpha value is -1.35. The molecule has 1 heterocycles. The standard InChI is InChI=1S/C19H26N2O/c1-14(22)16-4-6-18(7-5-16)20-8-10-21(11-9-20)19-13-15-2-3-17(19)12-15/h4-7,15,17,19H,2-3,8-13H2,1H3/t15-,17-,19-/m0/s1. The summed E-state index contributed by atoms with van der Waals surface area (Å²) in [6.07, 6.45) is 5.92. The van der Waals surface area contributed by atoms with Gasteiger partial charge in [0.25, 0.3) is 0 Å². The number of carbonyl (C=O) groups is 1. The van der Waals surface area contributed by atoms with Gasteiger partial charge in [0.1, 0.15) is 0 Å². The van der Waals surface area contributed by atoms with E-state index >= 15 is 0 Å². The van der Waals surface area contributed by atoms with Crippen LogP contribution in [0.4, 0.5) is 5.69 Å². The van der Waals surface area contributed by atoms with Crippen molar-refractivity contribution < 1.29 is 4.79 Å². The minimum absolute atomic E-state index is 0.146. The summed E-state index contributed by atoms with van der Waals surface area (Å²) in [5.74, 6) is 2.17. The number of piperazine rings is 1. The molecule has 2 aliphatic carbocycles. The van der Waals surface area contributed by atoms with Crippen molar-refractivity contribution in [3.05, 3.63) is 29.8 Å².